The van der Waals surface area contributed by atoms with Gasteiger partial charge in [-0.2, -0.15) is 0 Å². The molecular formula is C21H24BNO5. The number of hydrogen-bond donors (Lipinski definition) is 2. The molecule has 0 aliphatic carbocycles. The van der Waals surface area contributed by atoms with Crippen molar-refractivity contribution in [3.63, 3.8) is 0 Å². The van der Waals surface area contributed by atoms with Gasteiger partial charge in [0.15, 0.2) is 0 Å². The number of carbonyl (C=O) groups excluding carboxylic acids is 2. The lowest BCUT2D eigenvalue weighted by Crippen LogP contribution is -2.46. The second kappa shape index (κ2) is 8.58. The normalized spacial score (nSPS) is 14.0. The highest BCUT2D eigenvalue weighted by molar-refractivity contribution is 6.62. The topological polar surface area (TPSA) is 84.9 Å². The maximum absolute atomic E-state index is 12.8. The molecule has 0 spiro atoms. The van der Waals surface area contributed by atoms with Gasteiger partial charge in [0.2, 0.25) is 0 Å². The average molecular weight is 381 g/mol. The number of ether oxygens (including phenoxy) is 1. The fraction of sp³-hybridized carbons (Fsp3) is 0.333. The molecule has 0 radical (unpaired) electrons. The van der Waals surface area contributed by atoms with Crippen LogP contribution in [0.1, 0.15) is 40.9 Å². The Balaban J connectivity index is 1.71. The molecule has 146 valence electrons. The van der Waals surface area contributed by atoms with Crippen molar-refractivity contribution >= 4 is 24.5 Å². The van der Waals surface area contributed by atoms with Gasteiger partial charge in [0.1, 0.15) is 12.6 Å². The zero-order valence-electron chi connectivity index (χ0n) is 16.3. The Morgan fingerprint density at radius 3 is 2.61 bits per heavy atom. The van der Waals surface area contributed by atoms with E-state index in [2.05, 4.69) is 5.32 Å². The SMILES string of the molecule is Cc1c(C(=O)N[C@H](C(=O)OCc2ccccc2)C(C)C)ccc2c1B(O)OC2. The highest BCUT2D eigenvalue weighted by atomic mass is 16.5. The largest absolute Gasteiger partial charge is 0.492 e. The summed E-state index contributed by atoms with van der Waals surface area (Å²) in [6.07, 6.45) is 0. The molecule has 2 aromatic rings. The Morgan fingerprint density at radius 2 is 1.93 bits per heavy atom. The van der Waals surface area contributed by atoms with Crippen molar-refractivity contribution in [3.05, 3.63) is 64.7 Å². The number of hydrogen-bond acceptors (Lipinski definition) is 5. The predicted octanol–water partition coefficient (Wildman–Crippen LogP) is 1.71. The summed E-state index contributed by atoms with van der Waals surface area (Å²) in [6, 6.07) is 12.1. The lowest BCUT2D eigenvalue weighted by Gasteiger charge is -2.22. The van der Waals surface area contributed by atoms with Crippen LogP contribution in [0.5, 0.6) is 0 Å². The Bertz CT molecular complexity index is 869. The van der Waals surface area contributed by atoms with E-state index in [1.54, 1.807) is 19.1 Å². The Morgan fingerprint density at radius 1 is 1.21 bits per heavy atom. The zero-order valence-corrected chi connectivity index (χ0v) is 16.3. The minimum atomic E-state index is -1.03. The number of carbonyl (C=O) groups is 2. The molecular weight excluding hydrogens is 357 g/mol. The molecule has 1 atom stereocenters. The maximum Gasteiger partial charge on any atom is 0.492 e. The first-order valence-electron chi connectivity index (χ1n) is 9.32. The van der Waals surface area contributed by atoms with Crippen LogP contribution in [0.3, 0.4) is 0 Å². The van der Waals surface area contributed by atoms with Gasteiger partial charge in [-0.15, -0.1) is 0 Å². The monoisotopic (exact) mass is 381 g/mol. The van der Waals surface area contributed by atoms with Crippen LogP contribution in [-0.2, 0) is 27.4 Å². The fourth-order valence-corrected chi connectivity index (χ4v) is 3.29. The van der Waals surface area contributed by atoms with E-state index in [4.69, 9.17) is 9.39 Å². The summed E-state index contributed by atoms with van der Waals surface area (Å²) in [4.78, 5) is 25.4. The van der Waals surface area contributed by atoms with Gasteiger partial charge >= 0.3 is 13.1 Å². The molecule has 1 amide bonds. The number of benzene rings is 2. The average Bonchev–Trinajstić information content (AvgIpc) is 3.06. The molecule has 1 aliphatic rings. The van der Waals surface area contributed by atoms with E-state index in [0.29, 0.717) is 23.2 Å². The highest BCUT2D eigenvalue weighted by Crippen LogP contribution is 2.17. The summed E-state index contributed by atoms with van der Waals surface area (Å²) in [5, 5.41) is 12.8. The quantitative estimate of drug-likeness (QED) is 0.588. The van der Waals surface area contributed by atoms with E-state index in [0.717, 1.165) is 11.1 Å². The van der Waals surface area contributed by atoms with Gasteiger partial charge < -0.3 is 19.7 Å². The van der Waals surface area contributed by atoms with Crippen molar-refractivity contribution < 1.29 is 24.0 Å². The van der Waals surface area contributed by atoms with E-state index < -0.39 is 19.1 Å². The molecule has 1 aliphatic heterocycles. The van der Waals surface area contributed by atoms with E-state index in [-0.39, 0.29) is 18.4 Å². The third-order valence-electron chi connectivity index (χ3n) is 4.92. The van der Waals surface area contributed by atoms with Gasteiger partial charge in [-0.1, -0.05) is 50.2 Å². The molecule has 7 heteroatoms. The smallest absolute Gasteiger partial charge is 0.459 e. The second-order valence-corrected chi connectivity index (χ2v) is 7.26. The Hall–Kier alpha value is -2.64. The van der Waals surface area contributed by atoms with Gasteiger partial charge in [-0.05, 0) is 41.1 Å². The minimum absolute atomic E-state index is 0.143. The molecule has 0 saturated heterocycles. The number of rotatable bonds is 6. The lowest BCUT2D eigenvalue weighted by atomic mass is 9.75. The number of nitrogens with one attached hydrogen (secondary N) is 1. The van der Waals surface area contributed by atoms with E-state index >= 15 is 0 Å². The van der Waals surface area contributed by atoms with Crippen molar-refractivity contribution in [2.45, 2.75) is 40.0 Å². The fourth-order valence-electron chi connectivity index (χ4n) is 3.29. The summed E-state index contributed by atoms with van der Waals surface area (Å²) in [5.74, 6) is -1.000. The molecule has 6 nitrogen and oxygen atoms in total. The summed E-state index contributed by atoms with van der Waals surface area (Å²) < 4.78 is 10.6. The van der Waals surface area contributed by atoms with Crippen molar-refractivity contribution in [1.29, 1.82) is 0 Å². The van der Waals surface area contributed by atoms with Gasteiger partial charge in [0, 0.05) is 5.56 Å². The number of fused-ring (bicyclic) bond motifs is 1. The van der Waals surface area contributed by atoms with E-state index in [1.807, 2.05) is 44.2 Å². The first-order valence-corrected chi connectivity index (χ1v) is 9.32. The standard InChI is InChI=1S/C21H24BNO5/c1-13(2)19(21(25)27-11-15-7-5-4-6-8-15)23-20(24)17-10-9-16-12-28-22(26)18(16)14(17)3/h4-10,13,19,26H,11-12H2,1-3H3,(H,23,24)/t19-/m0/s1. The minimum Gasteiger partial charge on any atom is -0.459 e. The molecule has 1 heterocycles. The van der Waals surface area contributed by atoms with Crippen molar-refractivity contribution in [1.82, 2.24) is 5.32 Å². The molecule has 0 saturated carbocycles. The summed E-state index contributed by atoms with van der Waals surface area (Å²) in [6.45, 7) is 5.94. The summed E-state index contributed by atoms with van der Waals surface area (Å²) in [5.41, 5.74) is 3.43. The second-order valence-electron chi connectivity index (χ2n) is 7.26. The van der Waals surface area contributed by atoms with Crippen LogP contribution < -0.4 is 10.8 Å². The molecule has 28 heavy (non-hydrogen) atoms. The Labute approximate surface area is 165 Å². The van der Waals surface area contributed by atoms with Gasteiger partial charge in [0.25, 0.3) is 5.91 Å². The maximum atomic E-state index is 12.8. The van der Waals surface area contributed by atoms with Gasteiger partial charge in [-0.3, -0.25) is 4.79 Å². The third-order valence-corrected chi connectivity index (χ3v) is 4.92. The first kappa shape index (κ1) is 20.1. The molecule has 0 fully saturated rings. The van der Waals surface area contributed by atoms with Gasteiger partial charge in [0.05, 0.1) is 6.61 Å². The zero-order chi connectivity index (χ0) is 20.3. The van der Waals surface area contributed by atoms with Crippen LogP contribution in [0.4, 0.5) is 0 Å². The van der Waals surface area contributed by atoms with Crippen LogP contribution in [0.2, 0.25) is 0 Å². The summed E-state index contributed by atoms with van der Waals surface area (Å²) >= 11 is 0. The molecule has 0 unspecified atom stereocenters. The van der Waals surface area contributed by atoms with Crippen molar-refractivity contribution in [3.8, 4) is 0 Å². The molecule has 0 bridgehead atoms. The number of esters is 1. The van der Waals surface area contributed by atoms with Crippen molar-refractivity contribution in [2.75, 3.05) is 0 Å². The summed E-state index contributed by atoms with van der Waals surface area (Å²) in [7, 11) is -1.03. The number of amides is 1. The van der Waals surface area contributed by atoms with Crippen molar-refractivity contribution in [2.24, 2.45) is 5.92 Å². The lowest BCUT2D eigenvalue weighted by molar-refractivity contribution is -0.148. The highest BCUT2D eigenvalue weighted by Gasteiger charge is 2.32. The van der Waals surface area contributed by atoms with Crippen LogP contribution >= 0.6 is 0 Å². The first-order chi connectivity index (χ1) is 13.4. The van der Waals surface area contributed by atoms with Crippen LogP contribution in [-0.4, -0.2) is 30.1 Å². The van der Waals surface area contributed by atoms with Crippen LogP contribution in [0.15, 0.2) is 42.5 Å². The molecule has 2 N–H and O–H groups in total. The molecule has 2 aromatic carbocycles. The Kier molecular flexibility index (Phi) is 6.16. The van der Waals surface area contributed by atoms with Gasteiger partial charge in [-0.25, -0.2) is 4.79 Å². The van der Waals surface area contributed by atoms with Crippen LogP contribution in [0, 0.1) is 12.8 Å². The van der Waals surface area contributed by atoms with E-state index in [1.165, 1.54) is 0 Å². The van der Waals surface area contributed by atoms with E-state index in [9.17, 15) is 14.6 Å². The molecule has 3 rings (SSSR count). The van der Waals surface area contributed by atoms with Crippen LogP contribution in [0.25, 0.3) is 0 Å². The third kappa shape index (κ3) is 4.26. The molecule has 0 aromatic heterocycles. The predicted molar refractivity (Wildman–Crippen MR) is 106 cm³/mol.